The van der Waals surface area contributed by atoms with E-state index in [2.05, 4.69) is 30.7 Å². The summed E-state index contributed by atoms with van der Waals surface area (Å²) in [6.07, 6.45) is -2.14. The summed E-state index contributed by atoms with van der Waals surface area (Å²) in [5.74, 6) is -1.75. The maximum Gasteiger partial charge on any atom is 0.435 e. The number of aliphatic carboxylic acids is 1. The highest BCUT2D eigenvalue weighted by Crippen LogP contribution is 2.37. The van der Waals surface area contributed by atoms with E-state index in [1.165, 1.54) is 35.9 Å². The van der Waals surface area contributed by atoms with Crippen LogP contribution in [0.3, 0.4) is 0 Å². The van der Waals surface area contributed by atoms with Gasteiger partial charge < -0.3 is 44.7 Å². The smallest absolute Gasteiger partial charge is 0.435 e. The Morgan fingerprint density at radius 3 is 2.37 bits per heavy atom. The Labute approximate surface area is 358 Å². The number of nitrogens with zero attached hydrogens (tertiary/aromatic N) is 8. The van der Waals surface area contributed by atoms with Crippen molar-refractivity contribution in [2.24, 2.45) is 18.9 Å². The Balaban J connectivity index is 0.891. The SMILES string of the molecule is C[C@@H](O)c1cc2nc(-n3cc(-c4cnc(C(=O)Nc5ccc(C(=O)N6CCN(C(=O)C7CC[N+](CC(=O)O)(CC8CNC8)CC7)CC6)c(Cl)c5)n4C)c(C(F)(F)F)n3)ccc2[nH]1. The Bertz CT molecular complexity index is 2530. The van der Waals surface area contributed by atoms with Crippen molar-refractivity contribution in [2.75, 3.05) is 70.8 Å². The molecule has 7 heterocycles. The number of carbonyl (C=O) groups excluding carboxylic acids is 3. The highest BCUT2D eigenvalue weighted by atomic mass is 35.5. The van der Waals surface area contributed by atoms with Gasteiger partial charge in [0, 0.05) is 88.6 Å². The standard InChI is InChI=1S/C41H45ClF3N11O6/c1-23(57)31-16-32-30(49-31)5-6-34(50-32)55-20-28(36(51-55)41(43,44)45)33-19-47-37(52(33)2)38(60)48-26-3-4-27(29(42)15-26)40(62)54-11-9-53(10-12-54)39(61)25-7-13-56(14-8-25,22-35(58)59)21-24-17-46-18-24/h3-6,15-16,19-20,23-25,46,57H,7-14,17-18,21-22H2,1-2H3,(H2-,48,49,50,58,59,60,62)/p+1/t23-,25?,56?/m1/s1. The summed E-state index contributed by atoms with van der Waals surface area (Å²) in [4.78, 5) is 67.2. The number of pyridine rings is 1. The lowest BCUT2D eigenvalue weighted by atomic mass is 9.90. The molecule has 0 unspecified atom stereocenters. The van der Waals surface area contributed by atoms with E-state index >= 15 is 0 Å². The van der Waals surface area contributed by atoms with E-state index in [9.17, 15) is 42.6 Å². The van der Waals surface area contributed by atoms with Gasteiger partial charge in [-0.15, -0.1) is 0 Å². The molecule has 0 spiro atoms. The molecule has 62 heavy (non-hydrogen) atoms. The zero-order chi connectivity index (χ0) is 44.1. The number of carboxylic acids is 1. The fraction of sp³-hybridized carbons (Fsp3) is 0.439. The van der Waals surface area contributed by atoms with E-state index < -0.39 is 29.9 Å². The van der Waals surface area contributed by atoms with Gasteiger partial charge in [0.15, 0.2) is 23.9 Å². The summed E-state index contributed by atoms with van der Waals surface area (Å²) < 4.78 is 45.7. The van der Waals surface area contributed by atoms with Gasteiger partial charge in [-0.2, -0.15) is 18.3 Å². The summed E-state index contributed by atoms with van der Waals surface area (Å²) in [6.45, 7) is 6.77. The first-order chi connectivity index (χ1) is 29.5. The van der Waals surface area contributed by atoms with E-state index in [4.69, 9.17) is 11.6 Å². The molecular weight excluding hydrogens is 835 g/mol. The van der Waals surface area contributed by atoms with Gasteiger partial charge in [-0.05, 0) is 43.3 Å². The molecule has 3 fully saturated rings. The number of aromatic amines is 1. The Hall–Kier alpha value is -5.83. The number of rotatable bonds is 11. The fourth-order valence-electron chi connectivity index (χ4n) is 8.72. The van der Waals surface area contributed by atoms with Crippen molar-refractivity contribution in [1.82, 2.24) is 44.4 Å². The molecular formula is C41H46ClF3N11O6+. The first kappa shape index (κ1) is 42.8. The van der Waals surface area contributed by atoms with Crippen molar-refractivity contribution in [1.29, 1.82) is 0 Å². The lowest BCUT2D eigenvalue weighted by Crippen LogP contribution is -2.62. The second-order valence-corrected chi connectivity index (χ2v) is 16.9. The van der Waals surface area contributed by atoms with Crippen LogP contribution >= 0.6 is 11.6 Å². The number of aliphatic hydroxyl groups excluding tert-OH is 1. The number of anilines is 1. The number of piperidine rings is 1. The van der Waals surface area contributed by atoms with Crippen molar-refractivity contribution in [2.45, 2.75) is 32.0 Å². The third-order valence-electron chi connectivity index (χ3n) is 12.2. The van der Waals surface area contributed by atoms with E-state index in [1.807, 2.05) is 0 Å². The van der Waals surface area contributed by atoms with E-state index in [-0.39, 0.29) is 63.5 Å². The first-order valence-corrected chi connectivity index (χ1v) is 20.7. The number of likely N-dealkylation sites (tertiary alicyclic amines) is 1. The van der Waals surface area contributed by atoms with Crippen LogP contribution in [-0.2, 0) is 22.8 Å². The molecule has 5 N–H and O–H groups in total. The number of quaternary nitrogens is 1. The molecule has 1 atom stereocenters. The minimum absolute atomic E-state index is 0.0283. The van der Waals surface area contributed by atoms with Crippen LogP contribution in [0.25, 0.3) is 28.1 Å². The Morgan fingerprint density at radius 2 is 1.74 bits per heavy atom. The van der Waals surface area contributed by atoms with Crippen LogP contribution < -0.4 is 10.6 Å². The van der Waals surface area contributed by atoms with Gasteiger partial charge in [-0.1, -0.05) is 11.6 Å². The normalized spacial score (nSPS) is 20.3. The number of amides is 3. The molecule has 0 saturated carbocycles. The van der Waals surface area contributed by atoms with Crippen LogP contribution in [0, 0.1) is 11.8 Å². The second kappa shape index (κ2) is 16.8. The Morgan fingerprint density at radius 1 is 1.03 bits per heavy atom. The molecule has 0 bridgehead atoms. The zero-order valence-electron chi connectivity index (χ0n) is 34.0. The van der Waals surface area contributed by atoms with Crippen molar-refractivity contribution in [3.63, 3.8) is 0 Å². The number of nitrogens with one attached hydrogen (secondary N) is 3. The number of carboxylic acid groups (broad SMARTS) is 1. The number of halogens is 4. The number of H-pyrrole nitrogens is 1. The predicted molar refractivity (Wildman–Crippen MR) is 219 cm³/mol. The molecule has 3 saturated heterocycles. The summed E-state index contributed by atoms with van der Waals surface area (Å²) in [5.41, 5.74) is 0.306. The molecule has 0 aliphatic carbocycles. The van der Waals surface area contributed by atoms with Crippen LogP contribution in [-0.4, -0.2) is 143 Å². The number of alkyl halides is 3. The quantitative estimate of drug-likeness (QED) is 0.121. The molecule has 328 valence electrons. The highest BCUT2D eigenvalue weighted by molar-refractivity contribution is 6.34. The number of aromatic nitrogens is 6. The molecule has 4 aromatic heterocycles. The maximum atomic E-state index is 14.3. The van der Waals surface area contributed by atoms with Crippen LogP contribution in [0.2, 0.25) is 5.02 Å². The van der Waals surface area contributed by atoms with Crippen LogP contribution in [0.15, 0.2) is 48.8 Å². The van der Waals surface area contributed by atoms with Gasteiger partial charge in [0.1, 0.15) is 0 Å². The average molecular weight is 881 g/mol. The summed E-state index contributed by atoms with van der Waals surface area (Å²) >= 11 is 6.57. The molecule has 21 heteroatoms. The topological polar surface area (TPSA) is 204 Å². The van der Waals surface area contributed by atoms with Gasteiger partial charge in [-0.3, -0.25) is 14.4 Å². The molecule has 8 rings (SSSR count). The number of fused-ring (bicyclic) bond motifs is 1. The predicted octanol–water partition coefficient (Wildman–Crippen LogP) is 3.94. The number of imidazole rings is 1. The number of benzene rings is 1. The number of piperazine rings is 1. The van der Waals surface area contributed by atoms with Crippen LogP contribution in [0.4, 0.5) is 18.9 Å². The Kier molecular flexibility index (Phi) is 11.6. The number of aliphatic hydroxyl groups is 1. The van der Waals surface area contributed by atoms with Crippen LogP contribution in [0.5, 0.6) is 0 Å². The number of hydrogen-bond acceptors (Lipinski definition) is 9. The average Bonchev–Trinajstić information content (AvgIpc) is 3.96. The van der Waals surface area contributed by atoms with Gasteiger partial charge in [0.2, 0.25) is 5.91 Å². The lowest BCUT2D eigenvalue weighted by molar-refractivity contribution is -0.929. The van der Waals surface area contributed by atoms with Gasteiger partial charge >= 0.3 is 12.1 Å². The molecule has 17 nitrogen and oxygen atoms in total. The first-order valence-electron chi connectivity index (χ1n) is 20.3. The second-order valence-electron chi connectivity index (χ2n) is 16.5. The van der Waals surface area contributed by atoms with E-state index in [0.717, 1.165) is 36.7 Å². The number of carbonyl (C=O) groups is 4. The van der Waals surface area contributed by atoms with Crippen molar-refractivity contribution in [3.05, 3.63) is 76.6 Å². The molecule has 3 amide bonds. The van der Waals surface area contributed by atoms with E-state index in [0.29, 0.717) is 79.2 Å². The molecule has 3 aliphatic rings. The highest BCUT2D eigenvalue weighted by Gasteiger charge is 2.43. The summed E-state index contributed by atoms with van der Waals surface area (Å²) in [7, 11) is 1.40. The van der Waals surface area contributed by atoms with Crippen molar-refractivity contribution in [3.8, 4) is 17.1 Å². The van der Waals surface area contributed by atoms with Crippen molar-refractivity contribution < 1.29 is 47.0 Å². The monoisotopic (exact) mass is 880 g/mol. The number of hydrogen-bond donors (Lipinski definition) is 5. The summed E-state index contributed by atoms with van der Waals surface area (Å²) in [5, 5.41) is 29.3. The third-order valence-corrected chi connectivity index (χ3v) is 12.5. The molecule has 1 aromatic carbocycles. The maximum absolute atomic E-state index is 14.3. The zero-order valence-corrected chi connectivity index (χ0v) is 34.7. The fourth-order valence-corrected chi connectivity index (χ4v) is 8.98. The largest absolute Gasteiger partial charge is 0.477 e. The van der Waals surface area contributed by atoms with Crippen molar-refractivity contribution >= 4 is 52.0 Å². The lowest BCUT2D eigenvalue weighted by Gasteiger charge is -2.46. The molecule has 0 radical (unpaired) electrons. The van der Waals surface area contributed by atoms with Gasteiger partial charge in [-0.25, -0.2) is 19.4 Å². The third kappa shape index (κ3) is 8.64. The molecule has 5 aromatic rings. The summed E-state index contributed by atoms with van der Waals surface area (Å²) in [6, 6.07) is 9.05. The van der Waals surface area contributed by atoms with E-state index in [1.54, 1.807) is 28.9 Å². The van der Waals surface area contributed by atoms with Gasteiger partial charge in [0.05, 0.1) is 64.8 Å². The van der Waals surface area contributed by atoms with Gasteiger partial charge in [0.25, 0.3) is 11.8 Å². The van der Waals surface area contributed by atoms with Crippen LogP contribution in [0.1, 0.15) is 58.2 Å². The molecule has 3 aliphatic heterocycles. The minimum atomic E-state index is -4.87. The minimum Gasteiger partial charge on any atom is -0.477 e.